The van der Waals surface area contributed by atoms with Crippen molar-refractivity contribution in [2.75, 3.05) is 0 Å². The average molecular weight is 308 g/mol. The number of hydrogen-bond donors (Lipinski definition) is 1. The zero-order chi connectivity index (χ0) is 12.6. The van der Waals surface area contributed by atoms with Crippen LogP contribution in [-0.2, 0) is 6.42 Å². The van der Waals surface area contributed by atoms with E-state index in [1.807, 2.05) is 0 Å². The van der Waals surface area contributed by atoms with Crippen molar-refractivity contribution in [2.24, 2.45) is 5.73 Å². The van der Waals surface area contributed by atoms with Gasteiger partial charge in [0, 0.05) is 10.0 Å². The van der Waals surface area contributed by atoms with Gasteiger partial charge in [-0.1, -0.05) is 47.3 Å². The van der Waals surface area contributed by atoms with Crippen molar-refractivity contribution >= 4 is 15.9 Å². The van der Waals surface area contributed by atoms with Crippen LogP contribution in [-0.4, -0.2) is 5.54 Å². The van der Waals surface area contributed by atoms with Gasteiger partial charge in [-0.05, 0) is 55.2 Å². The van der Waals surface area contributed by atoms with Crippen LogP contribution >= 0.6 is 15.9 Å². The van der Waals surface area contributed by atoms with Gasteiger partial charge in [-0.3, -0.25) is 0 Å². The molecule has 0 radical (unpaired) electrons. The van der Waals surface area contributed by atoms with Crippen LogP contribution < -0.4 is 5.73 Å². The maximum Gasteiger partial charge on any atom is 0.0212 e. The minimum Gasteiger partial charge on any atom is -0.325 e. The molecule has 0 aliphatic heterocycles. The minimum absolute atomic E-state index is 0.117. The summed E-state index contributed by atoms with van der Waals surface area (Å²) in [5.74, 6) is 0.773. The van der Waals surface area contributed by atoms with Gasteiger partial charge in [-0.25, -0.2) is 0 Å². The Morgan fingerprint density at radius 3 is 2.50 bits per heavy atom. The van der Waals surface area contributed by atoms with Crippen LogP contribution in [0.2, 0.25) is 0 Å². The lowest BCUT2D eigenvalue weighted by Crippen LogP contribution is -2.24. The van der Waals surface area contributed by atoms with Crippen molar-refractivity contribution in [1.29, 1.82) is 0 Å². The van der Waals surface area contributed by atoms with Crippen molar-refractivity contribution in [1.82, 2.24) is 0 Å². The first kappa shape index (κ1) is 12.7. The maximum atomic E-state index is 6.19. The summed E-state index contributed by atoms with van der Waals surface area (Å²) in [6.45, 7) is 0. The molecule has 0 aromatic heterocycles. The highest BCUT2D eigenvalue weighted by atomic mass is 79.9. The molecule has 2 saturated carbocycles. The number of nitrogens with two attached hydrogens (primary N) is 1. The van der Waals surface area contributed by atoms with Gasteiger partial charge in [0.25, 0.3) is 0 Å². The summed E-state index contributed by atoms with van der Waals surface area (Å²) in [4.78, 5) is 0. The third-order valence-corrected chi connectivity index (χ3v) is 5.25. The summed E-state index contributed by atoms with van der Waals surface area (Å²) < 4.78 is 1.30. The summed E-state index contributed by atoms with van der Waals surface area (Å²) in [6, 6.07) is 6.93. The predicted molar refractivity (Wildman–Crippen MR) is 79.8 cm³/mol. The Bertz CT molecular complexity index is 431. The molecule has 2 N–H and O–H groups in total. The van der Waals surface area contributed by atoms with Gasteiger partial charge in [-0.2, -0.15) is 0 Å². The first-order valence-corrected chi connectivity index (χ1v) is 8.03. The summed E-state index contributed by atoms with van der Waals surface area (Å²) in [5, 5.41) is 0. The lowest BCUT2D eigenvalue weighted by Gasteiger charge is -2.23. The first-order chi connectivity index (χ1) is 8.66. The summed E-state index contributed by atoms with van der Waals surface area (Å²) >= 11 is 3.77. The van der Waals surface area contributed by atoms with E-state index in [1.165, 1.54) is 60.5 Å². The molecule has 2 heteroatoms. The van der Waals surface area contributed by atoms with Crippen LogP contribution in [0.25, 0.3) is 0 Å². The van der Waals surface area contributed by atoms with Crippen molar-refractivity contribution in [3.05, 3.63) is 33.8 Å². The zero-order valence-electron chi connectivity index (χ0n) is 10.9. The molecule has 3 rings (SSSR count). The van der Waals surface area contributed by atoms with E-state index in [0.29, 0.717) is 0 Å². The molecule has 0 amide bonds. The summed E-state index contributed by atoms with van der Waals surface area (Å²) in [5.41, 5.74) is 9.22. The standard InChI is InChI=1S/C16H22BrN/c17-15-10-12(11-16(18)8-9-16)6-7-14(15)13-4-2-1-3-5-13/h6-7,10,13H,1-5,8-9,11,18H2. The minimum atomic E-state index is 0.117. The topological polar surface area (TPSA) is 26.0 Å². The third-order valence-electron chi connectivity index (χ3n) is 4.56. The van der Waals surface area contributed by atoms with E-state index in [1.54, 1.807) is 0 Å². The van der Waals surface area contributed by atoms with Crippen LogP contribution in [0.4, 0.5) is 0 Å². The molecule has 0 atom stereocenters. The van der Waals surface area contributed by atoms with E-state index >= 15 is 0 Å². The molecule has 0 bridgehead atoms. The van der Waals surface area contributed by atoms with E-state index < -0.39 is 0 Å². The third kappa shape index (κ3) is 2.80. The fourth-order valence-corrected chi connectivity index (χ4v) is 3.92. The Balaban J connectivity index is 1.75. The average Bonchev–Trinajstić information content (AvgIpc) is 3.08. The molecule has 0 unspecified atom stereocenters. The van der Waals surface area contributed by atoms with Gasteiger partial charge in [0.2, 0.25) is 0 Å². The highest BCUT2D eigenvalue weighted by Crippen LogP contribution is 2.39. The molecule has 2 aliphatic carbocycles. The molecule has 1 aromatic carbocycles. The second-order valence-corrected chi connectivity index (χ2v) is 7.08. The molecule has 0 spiro atoms. The zero-order valence-corrected chi connectivity index (χ0v) is 12.5. The highest BCUT2D eigenvalue weighted by Gasteiger charge is 2.38. The van der Waals surface area contributed by atoms with Crippen molar-refractivity contribution < 1.29 is 0 Å². The van der Waals surface area contributed by atoms with Gasteiger partial charge < -0.3 is 5.73 Å². The number of halogens is 1. The second kappa shape index (κ2) is 4.97. The van der Waals surface area contributed by atoms with Crippen molar-refractivity contribution in [3.8, 4) is 0 Å². The van der Waals surface area contributed by atoms with E-state index in [2.05, 4.69) is 34.1 Å². The fourth-order valence-electron chi connectivity index (χ4n) is 3.17. The van der Waals surface area contributed by atoms with Crippen LogP contribution in [0.15, 0.2) is 22.7 Å². The maximum absolute atomic E-state index is 6.19. The largest absolute Gasteiger partial charge is 0.325 e. The summed E-state index contributed by atoms with van der Waals surface area (Å²) in [7, 11) is 0. The monoisotopic (exact) mass is 307 g/mol. The molecule has 2 aliphatic rings. The Morgan fingerprint density at radius 1 is 1.17 bits per heavy atom. The van der Waals surface area contributed by atoms with Gasteiger partial charge >= 0.3 is 0 Å². The van der Waals surface area contributed by atoms with Crippen LogP contribution in [0.5, 0.6) is 0 Å². The van der Waals surface area contributed by atoms with Crippen molar-refractivity contribution in [3.63, 3.8) is 0 Å². The van der Waals surface area contributed by atoms with Gasteiger partial charge in [-0.15, -0.1) is 0 Å². The van der Waals surface area contributed by atoms with Gasteiger partial charge in [0.15, 0.2) is 0 Å². The van der Waals surface area contributed by atoms with E-state index in [-0.39, 0.29) is 5.54 Å². The molecule has 1 aromatic rings. The molecular weight excluding hydrogens is 286 g/mol. The number of hydrogen-bond acceptors (Lipinski definition) is 1. The van der Waals surface area contributed by atoms with Crippen molar-refractivity contribution in [2.45, 2.75) is 62.8 Å². The Kier molecular flexibility index (Phi) is 3.50. The summed E-state index contributed by atoms with van der Waals surface area (Å²) in [6.07, 6.45) is 10.3. The van der Waals surface area contributed by atoms with Crippen LogP contribution in [0, 0.1) is 0 Å². The predicted octanol–water partition coefficient (Wildman–Crippen LogP) is 4.53. The SMILES string of the molecule is NC1(Cc2ccc(C3CCCCC3)c(Br)c2)CC1. The lowest BCUT2D eigenvalue weighted by molar-refractivity contribution is 0.442. The Labute approximate surface area is 118 Å². The molecule has 98 valence electrons. The fraction of sp³-hybridized carbons (Fsp3) is 0.625. The van der Waals surface area contributed by atoms with Gasteiger partial charge in [0.05, 0.1) is 0 Å². The normalized spacial score (nSPS) is 23.0. The second-order valence-electron chi connectivity index (χ2n) is 6.23. The van der Waals surface area contributed by atoms with Gasteiger partial charge in [0.1, 0.15) is 0 Å². The Hall–Kier alpha value is -0.340. The first-order valence-electron chi connectivity index (χ1n) is 7.24. The quantitative estimate of drug-likeness (QED) is 0.872. The molecule has 2 fully saturated rings. The molecule has 0 heterocycles. The lowest BCUT2D eigenvalue weighted by atomic mass is 9.83. The smallest absolute Gasteiger partial charge is 0.0212 e. The van der Waals surface area contributed by atoms with Crippen LogP contribution in [0.3, 0.4) is 0 Å². The molecule has 18 heavy (non-hydrogen) atoms. The number of rotatable bonds is 3. The van der Waals surface area contributed by atoms with Crippen LogP contribution in [0.1, 0.15) is 62.0 Å². The number of benzene rings is 1. The Morgan fingerprint density at radius 2 is 1.89 bits per heavy atom. The molecular formula is C16H22BrN. The van der Waals surface area contributed by atoms with E-state index in [9.17, 15) is 0 Å². The molecule has 0 saturated heterocycles. The van der Waals surface area contributed by atoms with E-state index in [0.717, 1.165) is 12.3 Å². The highest BCUT2D eigenvalue weighted by molar-refractivity contribution is 9.10. The molecule has 1 nitrogen and oxygen atoms in total. The van der Waals surface area contributed by atoms with E-state index in [4.69, 9.17) is 5.73 Å².